The first-order valence-corrected chi connectivity index (χ1v) is 6.71. The molecule has 1 N–H and O–H groups in total. The van der Waals surface area contributed by atoms with Crippen molar-refractivity contribution in [3.05, 3.63) is 64.4 Å². The van der Waals surface area contributed by atoms with Crippen LogP contribution in [0.1, 0.15) is 15.2 Å². The van der Waals surface area contributed by atoms with Crippen molar-refractivity contribution in [1.29, 1.82) is 0 Å². The van der Waals surface area contributed by atoms with E-state index in [0.717, 1.165) is 5.56 Å². The van der Waals surface area contributed by atoms with E-state index in [1.807, 2.05) is 41.8 Å². The molecule has 1 heterocycles. The number of amides is 1. The van der Waals surface area contributed by atoms with Crippen LogP contribution in [0.3, 0.4) is 0 Å². The van der Waals surface area contributed by atoms with Gasteiger partial charge in [-0.1, -0.05) is 36.4 Å². The van der Waals surface area contributed by atoms with Crippen molar-refractivity contribution < 1.29 is 9.59 Å². The van der Waals surface area contributed by atoms with Gasteiger partial charge in [-0.25, -0.2) is 0 Å². The second-order valence-electron chi connectivity index (χ2n) is 3.86. The maximum atomic E-state index is 11.7. The van der Waals surface area contributed by atoms with Crippen molar-refractivity contribution >= 4 is 29.1 Å². The topological polar surface area (TPSA) is 46.2 Å². The van der Waals surface area contributed by atoms with Crippen molar-refractivity contribution in [2.45, 2.75) is 0 Å². The second kappa shape index (κ2) is 6.66. The maximum Gasteiger partial charge on any atom is 0.244 e. The lowest BCUT2D eigenvalue weighted by atomic mass is 10.2. The molecular weight excluding hydrogens is 258 g/mol. The van der Waals surface area contributed by atoms with Crippen LogP contribution in [0.5, 0.6) is 0 Å². The summed E-state index contributed by atoms with van der Waals surface area (Å²) in [6.07, 6.45) is 3.14. The van der Waals surface area contributed by atoms with Gasteiger partial charge in [0.05, 0.1) is 11.4 Å². The van der Waals surface area contributed by atoms with Gasteiger partial charge in [-0.15, -0.1) is 11.3 Å². The van der Waals surface area contributed by atoms with Crippen molar-refractivity contribution in [1.82, 2.24) is 5.32 Å². The van der Waals surface area contributed by atoms with Gasteiger partial charge >= 0.3 is 0 Å². The van der Waals surface area contributed by atoms with Gasteiger partial charge in [0.25, 0.3) is 0 Å². The van der Waals surface area contributed by atoms with Gasteiger partial charge in [0, 0.05) is 6.08 Å². The van der Waals surface area contributed by atoms with E-state index in [1.54, 1.807) is 12.1 Å². The van der Waals surface area contributed by atoms with E-state index in [2.05, 4.69) is 5.32 Å². The van der Waals surface area contributed by atoms with Crippen LogP contribution in [-0.4, -0.2) is 18.2 Å². The van der Waals surface area contributed by atoms with Gasteiger partial charge < -0.3 is 5.32 Å². The number of benzene rings is 1. The molecule has 0 atom stereocenters. The van der Waals surface area contributed by atoms with E-state index in [0.29, 0.717) is 4.88 Å². The molecule has 0 fully saturated rings. The smallest absolute Gasteiger partial charge is 0.244 e. The first-order valence-electron chi connectivity index (χ1n) is 5.83. The second-order valence-corrected chi connectivity index (χ2v) is 4.81. The summed E-state index contributed by atoms with van der Waals surface area (Å²) < 4.78 is 0. The average Bonchev–Trinajstić information content (AvgIpc) is 2.98. The summed E-state index contributed by atoms with van der Waals surface area (Å²) in [5, 5.41) is 4.41. The van der Waals surface area contributed by atoms with Crippen molar-refractivity contribution in [2.75, 3.05) is 6.54 Å². The van der Waals surface area contributed by atoms with Crippen LogP contribution in [0.15, 0.2) is 53.9 Å². The van der Waals surface area contributed by atoms with E-state index >= 15 is 0 Å². The summed E-state index contributed by atoms with van der Waals surface area (Å²) in [4.78, 5) is 23.9. The molecule has 2 aromatic rings. The molecule has 0 saturated carbocycles. The summed E-state index contributed by atoms with van der Waals surface area (Å²) in [5.74, 6) is -0.342. The van der Waals surface area contributed by atoms with Crippen molar-refractivity contribution in [3.8, 4) is 0 Å². The van der Waals surface area contributed by atoms with Crippen LogP contribution in [0.2, 0.25) is 0 Å². The molecule has 0 radical (unpaired) electrons. The third-order valence-electron chi connectivity index (χ3n) is 2.45. The van der Waals surface area contributed by atoms with Gasteiger partial charge in [-0.05, 0) is 23.1 Å². The average molecular weight is 271 g/mol. The molecule has 2 rings (SSSR count). The molecule has 0 saturated heterocycles. The van der Waals surface area contributed by atoms with E-state index in [1.165, 1.54) is 17.4 Å². The van der Waals surface area contributed by atoms with Crippen molar-refractivity contribution in [2.24, 2.45) is 0 Å². The van der Waals surface area contributed by atoms with E-state index in [-0.39, 0.29) is 18.2 Å². The minimum absolute atomic E-state index is 0.0263. The Morgan fingerprint density at radius 3 is 2.58 bits per heavy atom. The first kappa shape index (κ1) is 13.2. The molecule has 19 heavy (non-hydrogen) atoms. The number of hydrogen-bond donors (Lipinski definition) is 1. The molecule has 0 spiro atoms. The molecule has 3 nitrogen and oxygen atoms in total. The number of carbonyl (C=O) groups excluding carboxylic acids is 2. The fourth-order valence-electron chi connectivity index (χ4n) is 1.49. The number of thiophene rings is 1. The van der Waals surface area contributed by atoms with Crippen molar-refractivity contribution in [3.63, 3.8) is 0 Å². The molecule has 1 aromatic heterocycles. The van der Waals surface area contributed by atoms with Crippen LogP contribution in [0.4, 0.5) is 0 Å². The summed E-state index contributed by atoms with van der Waals surface area (Å²) in [6, 6.07) is 13.1. The Morgan fingerprint density at radius 1 is 1.11 bits per heavy atom. The maximum absolute atomic E-state index is 11.7. The zero-order valence-corrected chi connectivity index (χ0v) is 11.0. The Morgan fingerprint density at radius 2 is 1.89 bits per heavy atom. The highest BCUT2D eigenvalue weighted by Crippen LogP contribution is 2.08. The summed E-state index contributed by atoms with van der Waals surface area (Å²) >= 11 is 1.37. The van der Waals surface area contributed by atoms with Crippen LogP contribution in [-0.2, 0) is 4.79 Å². The number of nitrogens with one attached hydrogen (secondary N) is 1. The Bertz CT molecular complexity index is 573. The third kappa shape index (κ3) is 4.19. The normalized spacial score (nSPS) is 10.5. The van der Waals surface area contributed by atoms with Gasteiger partial charge in [0.2, 0.25) is 5.91 Å². The SMILES string of the molecule is O=C(/C=C/c1ccccc1)NCC(=O)c1cccs1. The molecule has 1 amide bonds. The molecule has 0 aliphatic carbocycles. The predicted molar refractivity (Wildman–Crippen MR) is 77.1 cm³/mol. The van der Waals surface area contributed by atoms with Gasteiger partial charge in [-0.3, -0.25) is 9.59 Å². The molecule has 0 aliphatic heterocycles. The summed E-state index contributed by atoms with van der Waals surface area (Å²) in [5.41, 5.74) is 0.947. The number of ketones is 1. The van der Waals surface area contributed by atoms with E-state index < -0.39 is 0 Å². The summed E-state index contributed by atoms with van der Waals surface area (Å²) in [6.45, 7) is 0.0263. The van der Waals surface area contributed by atoms with E-state index in [9.17, 15) is 9.59 Å². The van der Waals surface area contributed by atoms with Crippen LogP contribution in [0.25, 0.3) is 6.08 Å². The zero-order valence-electron chi connectivity index (χ0n) is 10.2. The molecule has 1 aromatic carbocycles. The molecular formula is C15H13NO2S. The molecule has 0 unspecified atom stereocenters. The quantitative estimate of drug-likeness (QED) is 0.671. The van der Waals surface area contributed by atoms with Gasteiger partial charge in [0.15, 0.2) is 5.78 Å². The molecule has 0 aliphatic rings. The van der Waals surface area contributed by atoms with Gasteiger partial charge in [0.1, 0.15) is 0 Å². The standard InChI is InChI=1S/C15H13NO2S/c17-13(14-7-4-10-19-14)11-16-15(18)9-8-12-5-2-1-3-6-12/h1-10H,11H2,(H,16,18)/b9-8+. The molecule has 96 valence electrons. The summed E-state index contributed by atoms with van der Waals surface area (Å²) in [7, 11) is 0. The lowest BCUT2D eigenvalue weighted by Crippen LogP contribution is -2.27. The van der Waals surface area contributed by atoms with E-state index in [4.69, 9.17) is 0 Å². The Labute approximate surface area is 115 Å². The lowest BCUT2D eigenvalue weighted by Gasteiger charge is -1.99. The monoisotopic (exact) mass is 271 g/mol. The Balaban J connectivity index is 1.82. The van der Waals surface area contributed by atoms with Crippen LogP contribution >= 0.6 is 11.3 Å². The van der Waals surface area contributed by atoms with Crippen LogP contribution < -0.4 is 5.32 Å². The number of Topliss-reactive ketones (excluding diaryl/α,β-unsaturated/α-hetero) is 1. The number of carbonyl (C=O) groups is 2. The number of hydrogen-bond acceptors (Lipinski definition) is 3. The number of rotatable bonds is 5. The largest absolute Gasteiger partial charge is 0.345 e. The molecule has 0 bridgehead atoms. The lowest BCUT2D eigenvalue weighted by molar-refractivity contribution is -0.116. The minimum Gasteiger partial charge on any atom is -0.345 e. The highest BCUT2D eigenvalue weighted by molar-refractivity contribution is 7.12. The zero-order chi connectivity index (χ0) is 13.5. The fraction of sp³-hybridized carbons (Fsp3) is 0.0667. The Hall–Kier alpha value is -2.20. The highest BCUT2D eigenvalue weighted by Gasteiger charge is 2.07. The first-order chi connectivity index (χ1) is 9.25. The fourth-order valence-corrected chi connectivity index (χ4v) is 2.15. The highest BCUT2D eigenvalue weighted by atomic mass is 32.1. The van der Waals surface area contributed by atoms with Crippen LogP contribution in [0, 0.1) is 0 Å². The van der Waals surface area contributed by atoms with Gasteiger partial charge in [-0.2, -0.15) is 0 Å². The third-order valence-corrected chi connectivity index (χ3v) is 3.36. The molecule has 4 heteroatoms. The Kier molecular flexibility index (Phi) is 4.64. The predicted octanol–water partition coefficient (Wildman–Crippen LogP) is 2.76. The minimum atomic E-state index is -0.270.